The molecule has 0 aliphatic carbocycles. The highest BCUT2D eigenvalue weighted by molar-refractivity contribution is 9.10. The van der Waals surface area contributed by atoms with Crippen LogP contribution in [0.25, 0.3) is 0 Å². The van der Waals surface area contributed by atoms with Crippen molar-refractivity contribution in [2.45, 2.75) is 13.8 Å². The lowest BCUT2D eigenvalue weighted by Gasteiger charge is -2.11. The maximum Gasteiger partial charge on any atom is 0.208 e. The molecule has 3 aromatic rings. The van der Waals surface area contributed by atoms with Crippen LogP contribution in [0.4, 0.5) is 10.9 Å². The first-order chi connectivity index (χ1) is 10.6. The number of benzene rings is 1. The Morgan fingerprint density at radius 1 is 1.18 bits per heavy atom. The molecule has 0 aliphatic rings. The predicted molar refractivity (Wildman–Crippen MR) is 91.1 cm³/mol. The molecule has 112 valence electrons. The van der Waals surface area contributed by atoms with Crippen molar-refractivity contribution in [1.29, 1.82) is 0 Å². The summed E-state index contributed by atoms with van der Waals surface area (Å²) in [7, 11) is 0. The van der Waals surface area contributed by atoms with Crippen molar-refractivity contribution in [2.24, 2.45) is 0 Å². The average Bonchev–Trinajstić information content (AvgIpc) is 2.90. The Balaban J connectivity index is 1.88. The van der Waals surface area contributed by atoms with Crippen LogP contribution in [0.3, 0.4) is 0 Å². The minimum absolute atomic E-state index is 0.597. The van der Waals surface area contributed by atoms with Gasteiger partial charge in [0, 0.05) is 28.3 Å². The number of anilines is 2. The van der Waals surface area contributed by atoms with Gasteiger partial charge in [-0.3, -0.25) is 0 Å². The molecular formula is C15H13BrN4OS. The summed E-state index contributed by atoms with van der Waals surface area (Å²) in [5.41, 5.74) is 1.18. The van der Waals surface area contributed by atoms with Gasteiger partial charge in [0.1, 0.15) is 11.6 Å². The van der Waals surface area contributed by atoms with E-state index in [1.807, 2.05) is 44.2 Å². The third-order valence-electron chi connectivity index (χ3n) is 2.82. The summed E-state index contributed by atoms with van der Waals surface area (Å²) in [6, 6.07) is 9.72. The Morgan fingerprint density at radius 2 is 1.95 bits per heavy atom. The third kappa shape index (κ3) is 3.61. The Hall–Kier alpha value is -1.99. The summed E-state index contributed by atoms with van der Waals surface area (Å²) in [5, 5.41) is 3.82. The molecule has 2 aromatic heterocycles. The molecule has 0 fully saturated rings. The highest BCUT2D eigenvalue weighted by Crippen LogP contribution is 2.32. The van der Waals surface area contributed by atoms with Gasteiger partial charge in [-0.15, -0.1) is 0 Å². The van der Waals surface area contributed by atoms with E-state index in [0.717, 1.165) is 16.0 Å². The zero-order chi connectivity index (χ0) is 15.5. The predicted octanol–water partition coefficient (Wildman–Crippen LogP) is 4.85. The molecule has 2 heterocycles. The Kier molecular flexibility index (Phi) is 4.35. The van der Waals surface area contributed by atoms with Crippen LogP contribution in [-0.2, 0) is 0 Å². The monoisotopic (exact) mass is 376 g/mol. The van der Waals surface area contributed by atoms with Crippen molar-refractivity contribution in [3.05, 3.63) is 52.4 Å². The molecule has 0 bridgehead atoms. The lowest BCUT2D eigenvalue weighted by Crippen LogP contribution is -1.97. The second-order valence-corrected chi connectivity index (χ2v) is 6.35. The van der Waals surface area contributed by atoms with Gasteiger partial charge in [0.2, 0.25) is 5.13 Å². The second kappa shape index (κ2) is 6.41. The second-order valence-electron chi connectivity index (χ2n) is 4.69. The minimum Gasteiger partial charge on any atom is -0.453 e. The van der Waals surface area contributed by atoms with E-state index < -0.39 is 0 Å². The average molecular weight is 377 g/mol. The van der Waals surface area contributed by atoms with Crippen LogP contribution in [0.5, 0.6) is 11.5 Å². The zero-order valence-corrected chi connectivity index (χ0v) is 14.4. The Bertz CT molecular complexity index is 788. The van der Waals surface area contributed by atoms with Gasteiger partial charge in [0.15, 0.2) is 11.6 Å². The Labute approximate surface area is 140 Å². The van der Waals surface area contributed by atoms with Crippen LogP contribution < -0.4 is 10.1 Å². The molecule has 0 spiro atoms. The molecule has 3 rings (SSSR count). The summed E-state index contributed by atoms with van der Waals surface area (Å²) in [4.78, 5) is 8.63. The highest BCUT2D eigenvalue weighted by Gasteiger charge is 2.10. The van der Waals surface area contributed by atoms with Gasteiger partial charge in [-0.1, -0.05) is 17.7 Å². The Morgan fingerprint density at radius 3 is 2.64 bits per heavy atom. The van der Waals surface area contributed by atoms with Gasteiger partial charge in [-0.25, -0.2) is 9.97 Å². The molecule has 1 aromatic carbocycles. The molecular weight excluding hydrogens is 364 g/mol. The number of halogens is 1. The number of hydrogen-bond acceptors (Lipinski definition) is 6. The number of nitrogens with zero attached hydrogens (tertiary/aromatic N) is 3. The van der Waals surface area contributed by atoms with E-state index in [0.29, 0.717) is 16.7 Å². The van der Waals surface area contributed by atoms with Gasteiger partial charge in [-0.05, 0) is 41.9 Å². The number of pyridine rings is 1. The van der Waals surface area contributed by atoms with Gasteiger partial charge >= 0.3 is 0 Å². The van der Waals surface area contributed by atoms with Crippen LogP contribution in [0.1, 0.15) is 11.4 Å². The first-order valence-electron chi connectivity index (χ1n) is 6.57. The molecule has 0 atom stereocenters. The molecule has 7 heteroatoms. The fourth-order valence-electron chi connectivity index (χ4n) is 1.77. The van der Waals surface area contributed by atoms with Crippen molar-refractivity contribution in [3.63, 3.8) is 0 Å². The minimum atomic E-state index is 0.597. The van der Waals surface area contributed by atoms with Crippen molar-refractivity contribution in [2.75, 3.05) is 5.32 Å². The van der Waals surface area contributed by atoms with E-state index in [1.54, 1.807) is 6.20 Å². The van der Waals surface area contributed by atoms with Gasteiger partial charge < -0.3 is 10.1 Å². The van der Waals surface area contributed by atoms with Crippen LogP contribution >= 0.6 is 27.5 Å². The number of ether oxygens (including phenoxy) is 1. The standard InChI is InChI=1S/C15H13BrN4OS/c1-9-3-5-12(6-4-9)21-13-7-11(16)8-17-14(13)19-15-18-10(2)20-22-15/h3-8H,1-2H3,(H,17,18,19,20). The van der Waals surface area contributed by atoms with E-state index in [1.165, 1.54) is 17.1 Å². The maximum atomic E-state index is 5.93. The van der Waals surface area contributed by atoms with Gasteiger partial charge in [-0.2, -0.15) is 4.37 Å². The fourth-order valence-corrected chi connectivity index (χ4v) is 2.66. The topological polar surface area (TPSA) is 59.9 Å². The lowest BCUT2D eigenvalue weighted by molar-refractivity contribution is 0.482. The summed E-state index contributed by atoms with van der Waals surface area (Å²) >= 11 is 4.70. The van der Waals surface area contributed by atoms with E-state index in [2.05, 4.69) is 35.6 Å². The number of hydrogen-bond donors (Lipinski definition) is 1. The number of aromatic nitrogens is 3. The first-order valence-corrected chi connectivity index (χ1v) is 8.14. The van der Waals surface area contributed by atoms with Gasteiger partial charge in [0.05, 0.1) is 0 Å². The van der Waals surface area contributed by atoms with Crippen molar-refractivity contribution < 1.29 is 4.74 Å². The quantitative estimate of drug-likeness (QED) is 0.705. The van der Waals surface area contributed by atoms with Gasteiger partial charge in [0.25, 0.3) is 0 Å². The van der Waals surface area contributed by atoms with Crippen LogP contribution in [0, 0.1) is 13.8 Å². The molecule has 1 N–H and O–H groups in total. The van der Waals surface area contributed by atoms with E-state index in [4.69, 9.17) is 4.74 Å². The molecule has 0 unspecified atom stereocenters. The zero-order valence-electron chi connectivity index (χ0n) is 12.0. The molecule has 22 heavy (non-hydrogen) atoms. The third-order valence-corrected chi connectivity index (χ3v) is 3.98. The molecule has 0 aliphatic heterocycles. The fraction of sp³-hybridized carbons (Fsp3) is 0.133. The van der Waals surface area contributed by atoms with Crippen LogP contribution in [-0.4, -0.2) is 14.3 Å². The largest absolute Gasteiger partial charge is 0.453 e. The van der Waals surface area contributed by atoms with Crippen LogP contribution in [0.2, 0.25) is 0 Å². The smallest absolute Gasteiger partial charge is 0.208 e. The molecule has 0 saturated heterocycles. The van der Waals surface area contributed by atoms with Crippen LogP contribution in [0.15, 0.2) is 41.0 Å². The molecule has 0 amide bonds. The molecule has 0 radical (unpaired) electrons. The van der Waals surface area contributed by atoms with E-state index >= 15 is 0 Å². The highest BCUT2D eigenvalue weighted by atomic mass is 79.9. The summed E-state index contributed by atoms with van der Waals surface area (Å²) < 4.78 is 10.9. The number of aryl methyl sites for hydroxylation is 2. The van der Waals surface area contributed by atoms with Crippen molar-refractivity contribution in [3.8, 4) is 11.5 Å². The maximum absolute atomic E-state index is 5.93. The van der Waals surface area contributed by atoms with E-state index in [-0.39, 0.29) is 0 Å². The summed E-state index contributed by atoms with van der Waals surface area (Å²) in [6.07, 6.45) is 1.71. The number of nitrogens with one attached hydrogen (secondary N) is 1. The summed E-state index contributed by atoms with van der Waals surface area (Å²) in [5.74, 6) is 2.69. The SMILES string of the molecule is Cc1ccc(Oc2cc(Br)cnc2Nc2nc(C)ns2)cc1. The first kappa shape index (κ1) is 14.9. The van der Waals surface area contributed by atoms with Crippen molar-refractivity contribution >= 4 is 38.4 Å². The molecule has 5 nitrogen and oxygen atoms in total. The van der Waals surface area contributed by atoms with E-state index in [9.17, 15) is 0 Å². The molecule has 0 saturated carbocycles. The normalized spacial score (nSPS) is 10.5. The van der Waals surface area contributed by atoms with Crippen molar-refractivity contribution in [1.82, 2.24) is 14.3 Å². The lowest BCUT2D eigenvalue weighted by atomic mass is 10.2. The summed E-state index contributed by atoms with van der Waals surface area (Å²) in [6.45, 7) is 3.88. The number of rotatable bonds is 4.